The lowest BCUT2D eigenvalue weighted by atomic mass is 10.0. The summed E-state index contributed by atoms with van der Waals surface area (Å²) in [4.78, 5) is 32.2. The Balaban J connectivity index is 1.92. The average Bonchev–Trinajstić information content (AvgIpc) is 2.89. The van der Waals surface area contributed by atoms with Gasteiger partial charge in [0.15, 0.2) is 0 Å². The molecule has 3 aromatic carbocycles. The molecule has 35 heavy (non-hydrogen) atoms. The molecule has 1 heterocycles. The third-order valence-corrected chi connectivity index (χ3v) is 5.59. The van der Waals surface area contributed by atoms with Crippen LogP contribution in [-0.2, 0) is 22.6 Å². The number of ether oxygens (including phenoxy) is 2. The highest BCUT2D eigenvalue weighted by Gasteiger charge is 2.23. The maximum atomic E-state index is 13.1. The second kappa shape index (κ2) is 11.3. The standard InChI is InChI=1S/C29H28N2O4/c1-3-34-28(32)23-15-16-26-24(17-23)27(25(18-30-26)29(33)35-4-2)31(19-21-11-7-5-8-12-21)20-22-13-9-6-10-14-22/h5-18H,3-4,19-20H2,1-2H3. The molecule has 178 valence electrons. The summed E-state index contributed by atoms with van der Waals surface area (Å²) in [5.41, 5.74) is 4.28. The van der Waals surface area contributed by atoms with Gasteiger partial charge in [-0.2, -0.15) is 0 Å². The Labute approximate surface area is 205 Å². The van der Waals surface area contributed by atoms with E-state index >= 15 is 0 Å². The molecule has 0 fully saturated rings. The Morgan fingerprint density at radius 3 is 1.91 bits per heavy atom. The zero-order chi connectivity index (χ0) is 24.6. The Hall–Kier alpha value is -4.19. The summed E-state index contributed by atoms with van der Waals surface area (Å²) < 4.78 is 10.6. The summed E-state index contributed by atoms with van der Waals surface area (Å²) in [6.07, 6.45) is 1.56. The summed E-state index contributed by atoms with van der Waals surface area (Å²) >= 11 is 0. The van der Waals surface area contributed by atoms with Crippen molar-refractivity contribution in [2.45, 2.75) is 26.9 Å². The molecular formula is C29H28N2O4. The first kappa shape index (κ1) is 24.0. The highest BCUT2D eigenvalue weighted by molar-refractivity contribution is 6.07. The van der Waals surface area contributed by atoms with Crippen molar-refractivity contribution in [2.24, 2.45) is 0 Å². The van der Waals surface area contributed by atoms with Gasteiger partial charge in [-0.25, -0.2) is 9.59 Å². The molecule has 6 nitrogen and oxygen atoms in total. The third kappa shape index (κ3) is 5.66. The number of esters is 2. The molecule has 0 N–H and O–H groups in total. The van der Waals surface area contributed by atoms with Crippen LogP contribution >= 0.6 is 0 Å². The largest absolute Gasteiger partial charge is 0.462 e. The predicted molar refractivity (Wildman–Crippen MR) is 136 cm³/mol. The van der Waals surface area contributed by atoms with Gasteiger partial charge in [0.2, 0.25) is 0 Å². The van der Waals surface area contributed by atoms with E-state index in [9.17, 15) is 9.59 Å². The van der Waals surface area contributed by atoms with Crippen LogP contribution in [0.15, 0.2) is 85.1 Å². The summed E-state index contributed by atoms with van der Waals surface area (Å²) in [7, 11) is 0. The van der Waals surface area contributed by atoms with Crippen LogP contribution in [0.5, 0.6) is 0 Å². The molecular weight excluding hydrogens is 440 g/mol. The number of hydrogen-bond donors (Lipinski definition) is 0. The first-order chi connectivity index (χ1) is 17.1. The Bertz CT molecular complexity index is 1260. The van der Waals surface area contributed by atoms with Crippen molar-refractivity contribution in [3.63, 3.8) is 0 Å². The quantitative estimate of drug-likeness (QED) is 0.289. The van der Waals surface area contributed by atoms with Crippen LogP contribution in [0.4, 0.5) is 5.69 Å². The summed E-state index contributed by atoms with van der Waals surface area (Å²) in [6, 6.07) is 25.3. The predicted octanol–water partition coefficient (Wildman–Crippen LogP) is 5.80. The number of benzene rings is 3. The van der Waals surface area contributed by atoms with Crippen molar-refractivity contribution >= 4 is 28.5 Å². The second-order valence-electron chi connectivity index (χ2n) is 8.02. The maximum Gasteiger partial charge on any atom is 0.341 e. The number of anilines is 1. The number of pyridine rings is 1. The Morgan fingerprint density at radius 2 is 1.34 bits per heavy atom. The van der Waals surface area contributed by atoms with Crippen molar-refractivity contribution in [2.75, 3.05) is 18.1 Å². The van der Waals surface area contributed by atoms with Gasteiger partial charge in [0.05, 0.1) is 30.0 Å². The van der Waals surface area contributed by atoms with E-state index in [1.165, 1.54) is 0 Å². The lowest BCUT2D eigenvalue weighted by molar-refractivity contribution is 0.0517. The van der Waals surface area contributed by atoms with E-state index in [2.05, 4.69) is 34.1 Å². The summed E-state index contributed by atoms with van der Waals surface area (Å²) in [5, 5.41) is 0.688. The molecule has 0 aliphatic heterocycles. The summed E-state index contributed by atoms with van der Waals surface area (Å²) in [5.74, 6) is -0.871. The zero-order valence-corrected chi connectivity index (χ0v) is 19.9. The van der Waals surface area contributed by atoms with E-state index in [0.717, 1.165) is 11.1 Å². The van der Waals surface area contributed by atoms with Gasteiger partial charge >= 0.3 is 11.9 Å². The van der Waals surface area contributed by atoms with E-state index in [1.807, 2.05) is 36.4 Å². The minimum Gasteiger partial charge on any atom is -0.462 e. The molecule has 6 heteroatoms. The van der Waals surface area contributed by atoms with Gasteiger partial charge in [-0.05, 0) is 43.2 Å². The maximum absolute atomic E-state index is 13.1. The van der Waals surface area contributed by atoms with Crippen LogP contribution in [-0.4, -0.2) is 30.1 Å². The average molecular weight is 469 g/mol. The lowest BCUT2D eigenvalue weighted by Gasteiger charge is -2.28. The number of fused-ring (bicyclic) bond motifs is 1. The molecule has 0 amide bonds. The monoisotopic (exact) mass is 468 g/mol. The van der Waals surface area contributed by atoms with Gasteiger partial charge in [-0.15, -0.1) is 0 Å². The highest BCUT2D eigenvalue weighted by Crippen LogP contribution is 2.33. The van der Waals surface area contributed by atoms with Crippen LogP contribution in [0.3, 0.4) is 0 Å². The molecule has 0 spiro atoms. The molecule has 0 bridgehead atoms. The molecule has 0 saturated carbocycles. The number of aromatic nitrogens is 1. The Morgan fingerprint density at radius 1 is 0.771 bits per heavy atom. The normalized spacial score (nSPS) is 10.7. The first-order valence-electron chi connectivity index (χ1n) is 11.7. The fourth-order valence-corrected chi connectivity index (χ4v) is 4.04. The molecule has 0 radical (unpaired) electrons. The number of rotatable bonds is 9. The summed E-state index contributed by atoms with van der Waals surface area (Å²) in [6.45, 7) is 5.16. The molecule has 4 aromatic rings. The number of carbonyl (C=O) groups excluding carboxylic acids is 2. The molecule has 0 atom stereocenters. The number of nitrogens with zero attached hydrogens (tertiary/aromatic N) is 2. The van der Waals surface area contributed by atoms with E-state index in [-0.39, 0.29) is 13.2 Å². The SMILES string of the molecule is CCOC(=O)c1ccc2ncc(C(=O)OCC)c(N(Cc3ccccc3)Cc3ccccc3)c2c1. The van der Waals surface area contributed by atoms with E-state index in [1.54, 1.807) is 38.2 Å². The van der Waals surface area contributed by atoms with E-state index in [4.69, 9.17) is 9.47 Å². The minimum absolute atomic E-state index is 0.247. The fraction of sp³-hybridized carbons (Fsp3) is 0.207. The molecule has 0 aliphatic rings. The van der Waals surface area contributed by atoms with Crippen LogP contribution in [0.25, 0.3) is 10.9 Å². The first-order valence-corrected chi connectivity index (χ1v) is 11.7. The van der Waals surface area contributed by atoms with Gasteiger partial charge in [-0.3, -0.25) is 4.98 Å². The highest BCUT2D eigenvalue weighted by atomic mass is 16.5. The third-order valence-electron chi connectivity index (χ3n) is 5.59. The van der Waals surface area contributed by atoms with Gasteiger partial charge in [0, 0.05) is 24.7 Å². The van der Waals surface area contributed by atoms with Crippen molar-refractivity contribution in [1.29, 1.82) is 0 Å². The molecule has 0 saturated heterocycles. The molecule has 0 aliphatic carbocycles. The van der Waals surface area contributed by atoms with Gasteiger partial charge < -0.3 is 14.4 Å². The van der Waals surface area contributed by atoms with Crippen molar-refractivity contribution in [1.82, 2.24) is 4.98 Å². The van der Waals surface area contributed by atoms with Crippen molar-refractivity contribution in [3.8, 4) is 0 Å². The topological polar surface area (TPSA) is 68.7 Å². The lowest BCUT2D eigenvalue weighted by Crippen LogP contribution is -2.25. The van der Waals surface area contributed by atoms with Crippen LogP contribution in [0.1, 0.15) is 45.7 Å². The van der Waals surface area contributed by atoms with Crippen molar-refractivity contribution < 1.29 is 19.1 Å². The van der Waals surface area contributed by atoms with Gasteiger partial charge in [0.1, 0.15) is 5.56 Å². The van der Waals surface area contributed by atoms with E-state index in [0.29, 0.717) is 40.8 Å². The van der Waals surface area contributed by atoms with Gasteiger partial charge in [0.25, 0.3) is 0 Å². The molecule has 0 unspecified atom stereocenters. The number of hydrogen-bond acceptors (Lipinski definition) is 6. The fourth-order valence-electron chi connectivity index (χ4n) is 4.04. The Kier molecular flexibility index (Phi) is 7.73. The van der Waals surface area contributed by atoms with Gasteiger partial charge in [-0.1, -0.05) is 60.7 Å². The minimum atomic E-state index is -0.454. The molecule has 4 rings (SSSR count). The zero-order valence-electron chi connectivity index (χ0n) is 19.9. The van der Waals surface area contributed by atoms with Crippen LogP contribution in [0.2, 0.25) is 0 Å². The van der Waals surface area contributed by atoms with E-state index < -0.39 is 11.9 Å². The molecule has 1 aromatic heterocycles. The van der Waals surface area contributed by atoms with Crippen LogP contribution in [0, 0.1) is 0 Å². The van der Waals surface area contributed by atoms with Crippen molar-refractivity contribution in [3.05, 3.63) is 107 Å². The number of carbonyl (C=O) groups is 2. The van der Waals surface area contributed by atoms with Crippen LogP contribution < -0.4 is 4.90 Å². The smallest absolute Gasteiger partial charge is 0.341 e. The second-order valence-corrected chi connectivity index (χ2v) is 8.02.